The molecule has 0 heterocycles. The van der Waals surface area contributed by atoms with Gasteiger partial charge in [-0.1, -0.05) is 30.3 Å². The number of rotatable bonds is 8. The summed E-state index contributed by atoms with van der Waals surface area (Å²) in [5.41, 5.74) is 1.25. The first-order valence-corrected chi connectivity index (χ1v) is 8.56. The molecule has 0 spiro atoms. The smallest absolute Gasteiger partial charge is 0.335 e. The van der Waals surface area contributed by atoms with Crippen LogP contribution in [0.5, 0.6) is 5.75 Å². The average molecular weight is 341 g/mol. The second-order valence-electron chi connectivity index (χ2n) is 6.12. The molecule has 3 unspecified atom stereocenters. The van der Waals surface area contributed by atoms with Crippen LogP contribution in [0.25, 0.3) is 0 Å². The molecule has 0 amide bonds. The van der Waals surface area contributed by atoms with Crippen molar-refractivity contribution in [3.63, 3.8) is 0 Å². The van der Waals surface area contributed by atoms with Gasteiger partial charge in [0.2, 0.25) is 0 Å². The molecular formula is C20H23NO4. The van der Waals surface area contributed by atoms with Crippen LogP contribution >= 0.6 is 0 Å². The van der Waals surface area contributed by atoms with Crippen LogP contribution in [-0.2, 0) is 11.3 Å². The second kappa shape index (κ2) is 8.14. The van der Waals surface area contributed by atoms with Crippen LogP contribution in [0.15, 0.2) is 54.6 Å². The highest BCUT2D eigenvalue weighted by molar-refractivity contribution is 5.87. The average Bonchev–Trinajstić information content (AvgIpc) is 2.63. The van der Waals surface area contributed by atoms with Crippen molar-refractivity contribution in [2.45, 2.75) is 38.1 Å². The highest BCUT2D eigenvalue weighted by atomic mass is 16.5. The molecule has 5 nitrogen and oxygen atoms in total. The molecule has 1 aliphatic carbocycles. The molecule has 1 saturated carbocycles. The Hall–Kier alpha value is -2.37. The molecule has 132 valence electrons. The van der Waals surface area contributed by atoms with Gasteiger partial charge in [-0.15, -0.1) is 0 Å². The minimum absolute atomic E-state index is 0.0509. The lowest BCUT2D eigenvalue weighted by molar-refractivity contribution is -0.102. The number of hydrogen-bond acceptors (Lipinski definition) is 4. The molecule has 2 aromatic carbocycles. The van der Waals surface area contributed by atoms with Crippen molar-refractivity contribution >= 4 is 5.97 Å². The molecule has 0 radical (unpaired) electrons. The lowest BCUT2D eigenvalue weighted by Gasteiger charge is -2.44. The molecule has 3 rings (SSSR count). The van der Waals surface area contributed by atoms with Crippen molar-refractivity contribution in [1.82, 2.24) is 5.32 Å². The third-order valence-electron chi connectivity index (χ3n) is 4.39. The third kappa shape index (κ3) is 4.38. The lowest BCUT2D eigenvalue weighted by Crippen LogP contribution is -2.61. The molecule has 25 heavy (non-hydrogen) atoms. The maximum absolute atomic E-state index is 11.1. The molecule has 5 heteroatoms. The van der Waals surface area contributed by atoms with Gasteiger partial charge in [-0.05, 0) is 43.2 Å². The maximum Gasteiger partial charge on any atom is 0.335 e. The van der Waals surface area contributed by atoms with Gasteiger partial charge in [0.15, 0.2) is 0 Å². The summed E-state index contributed by atoms with van der Waals surface area (Å²) in [6, 6.07) is 16.9. The number of benzene rings is 2. The molecular weight excluding hydrogens is 318 g/mol. The van der Waals surface area contributed by atoms with Crippen molar-refractivity contribution in [2.24, 2.45) is 0 Å². The lowest BCUT2D eigenvalue weighted by atomic mass is 9.85. The summed E-state index contributed by atoms with van der Waals surface area (Å²) in [5.74, 6) is -0.0798. The first-order chi connectivity index (χ1) is 12.2. The fourth-order valence-electron chi connectivity index (χ4n) is 3.04. The number of hydrogen-bond donors (Lipinski definition) is 2. The number of carboxylic acids is 1. The van der Waals surface area contributed by atoms with Gasteiger partial charge in [-0.2, -0.15) is 0 Å². The second-order valence-corrected chi connectivity index (χ2v) is 6.12. The van der Waals surface area contributed by atoms with E-state index in [0.717, 1.165) is 17.7 Å². The van der Waals surface area contributed by atoms with Gasteiger partial charge < -0.3 is 19.9 Å². The predicted molar refractivity (Wildman–Crippen MR) is 94.9 cm³/mol. The van der Waals surface area contributed by atoms with Crippen molar-refractivity contribution in [1.29, 1.82) is 0 Å². The van der Waals surface area contributed by atoms with E-state index in [-0.39, 0.29) is 18.2 Å². The zero-order valence-electron chi connectivity index (χ0n) is 14.2. The van der Waals surface area contributed by atoms with Gasteiger partial charge in [-0.3, -0.25) is 0 Å². The van der Waals surface area contributed by atoms with E-state index in [1.54, 1.807) is 18.2 Å². The van der Waals surface area contributed by atoms with E-state index in [1.807, 2.05) is 43.3 Å². The zero-order chi connectivity index (χ0) is 17.6. The van der Waals surface area contributed by atoms with Crippen molar-refractivity contribution in [3.05, 3.63) is 65.7 Å². The number of ether oxygens (including phenoxy) is 2. The molecule has 3 atom stereocenters. The van der Waals surface area contributed by atoms with Crippen LogP contribution in [0, 0.1) is 0 Å². The van der Waals surface area contributed by atoms with Gasteiger partial charge >= 0.3 is 5.97 Å². The minimum atomic E-state index is -0.910. The van der Waals surface area contributed by atoms with Crippen LogP contribution in [0.3, 0.4) is 0 Å². The van der Waals surface area contributed by atoms with E-state index in [0.29, 0.717) is 18.7 Å². The summed E-state index contributed by atoms with van der Waals surface area (Å²) in [4.78, 5) is 11.1. The fourth-order valence-corrected chi connectivity index (χ4v) is 3.04. The van der Waals surface area contributed by atoms with Crippen molar-refractivity contribution in [2.75, 3.05) is 6.61 Å². The first-order valence-electron chi connectivity index (χ1n) is 8.56. The van der Waals surface area contributed by atoms with Crippen LogP contribution < -0.4 is 10.1 Å². The normalized spacial score (nSPS) is 22.2. The van der Waals surface area contributed by atoms with Crippen LogP contribution in [-0.4, -0.2) is 35.9 Å². The van der Waals surface area contributed by atoms with Crippen molar-refractivity contribution in [3.8, 4) is 5.75 Å². The van der Waals surface area contributed by atoms with E-state index in [9.17, 15) is 4.79 Å². The first kappa shape index (κ1) is 17.5. The largest absolute Gasteiger partial charge is 0.486 e. The Morgan fingerprint density at radius 2 is 2.00 bits per heavy atom. The Morgan fingerprint density at radius 3 is 2.72 bits per heavy atom. The predicted octanol–water partition coefficient (Wildman–Crippen LogP) is 3.10. The molecule has 1 aliphatic rings. The summed E-state index contributed by atoms with van der Waals surface area (Å²) in [7, 11) is 0. The zero-order valence-corrected chi connectivity index (χ0v) is 14.2. The van der Waals surface area contributed by atoms with E-state index >= 15 is 0 Å². The van der Waals surface area contributed by atoms with E-state index in [1.165, 1.54) is 0 Å². The maximum atomic E-state index is 11.1. The fraction of sp³-hybridized carbons (Fsp3) is 0.350. The highest BCUT2D eigenvalue weighted by Gasteiger charge is 2.43. The van der Waals surface area contributed by atoms with Crippen LogP contribution in [0.2, 0.25) is 0 Å². The number of para-hydroxylation sites is 1. The number of nitrogens with one attached hydrogen (secondary N) is 1. The Kier molecular flexibility index (Phi) is 5.68. The van der Waals surface area contributed by atoms with Crippen LogP contribution in [0.1, 0.15) is 29.3 Å². The topological polar surface area (TPSA) is 67.8 Å². The van der Waals surface area contributed by atoms with E-state index in [4.69, 9.17) is 14.6 Å². The van der Waals surface area contributed by atoms with Gasteiger partial charge in [0.25, 0.3) is 0 Å². The summed E-state index contributed by atoms with van der Waals surface area (Å²) < 4.78 is 11.8. The van der Waals surface area contributed by atoms with Gasteiger partial charge in [0.05, 0.1) is 11.7 Å². The van der Waals surface area contributed by atoms with Crippen molar-refractivity contribution < 1.29 is 19.4 Å². The molecule has 0 aliphatic heterocycles. The van der Waals surface area contributed by atoms with Crippen LogP contribution in [0.4, 0.5) is 0 Å². The highest BCUT2D eigenvalue weighted by Crippen LogP contribution is 2.29. The Bertz CT molecular complexity index is 704. The molecule has 2 N–H and O–H groups in total. The SMILES string of the molecule is CCOC1CC(NCc2cccc(C(=O)O)c2)C1Oc1ccccc1. The summed E-state index contributed by atoms with van der Waals surface area (Å²) >= 11 is 0. The number of carboxylic acid groups (broad SMARTS) is 1. The Labute approximate surface area is 147 Å². The Balaban J connectivity index is 1.61. The minimum Gasteiger partial charge on any atom is -0.486 e. The molecule has 2 aromatic rings. The molecule has 0 aromatic heterocycles. The van der Waals surface area contributed by atoms with Gasteiger partial charge in [0, 0.05) is 19.2 Å². The molecule has 0 bridgehead atoms. The number of aromatic carboxylic acids is 1. The monoisotopic (exact) mass is 341 g/mol. The Morgan fingerprint density at radius 1 is 1.20 bits per heavy atom. The number of carbonyl (C=O) groups is 1. The molecule has 1 fully saturated rings. The van der Waals surface area contributed by atoms with Gasteiger partial charge in [-0.25, -0.2) is 4.79 Å². The van der Waals surface area contributed by atoms with E-state index < -0.39 is 5.97 Å². The quantitative estimate of drug-likeness (QED) is 0.772. The standard InChI is InChI=1S/C20H23NO4/c1-2-24-18-12-17(19(18)25-16-9-4-3-5-10-16)21-13-14-7-6-8-15(11-14)20(22)23/h3-11,17-19,21H,2,12-13H2,1H3,(H,22,23). The van der Waals surface area contributed by atoms with Gasteiger partial charge in [0.1, 0.15) is 11.9 Å². The third-order valence-corrected chi connectivity index (χ3v) is 4.39. The molecule has 0 saturated heterocycles. The summed E-state index contributed by atoms with van der Waals surface area (Å²) in [5, 5.41) is 12.5. The van der Waals surface area contributed by atoms with E-state index in [2.05, 4.69) is 5.32 Å². The summed E-state index contributed by atoms with van der Waals surface area (Å²) in [6.07, 6.45) is 0.905. The summed E-state index contributed by atoms with van der Waals surface area (Å²) in [6.45, 7) is 3.24.